The molecule has 0 saturated heterocycles. The molecule has 1 aliphatic heterocycles. The summed E-state index contributed by atoms with van der Waals surface area (Å²) in [7, 11) is 0. The van der Waals surface area contributed by atoms with E-state index < -0.39 is 17.8 Å². The van der Waals surface area contributed by atoms with Crippen LogP contribution in [0.25, 0.3) is 0 Å². The predicted molar refractivity (Wildman–Crippen MR) is 105 cm³/mol. The van der Waals surface area contributed by atoms with Gasteiger partial charge in [0.1, 0.15) is 5.56 Å². The first kappa shape index (κ1) is 18.9. The van der Waals surface area contributed by atoms with E-state index in [-0.39, 0.29) is 16.7 Å². The van der Waals surface area contributed by atoms with E-state index in [4.69, 9.17) is 16.4 Å². The molecule has 2 aromatic carbocycles. The number of halogens is 1. The van der Waals surface area contributed by atoms with Crippen LogP contribution < -0.4 is 0 Å². The molecule has 2 amide bonds. The Morgan fingerprint density at radius 1 is 1.00 bits per heavy atom. The summed E-state index contributed by atoms with van der Waals surface area (Å²) in [6.45, 7) is 3.84. The number of aryl methyl sites for hydroxylation is 1. The lowest BCUT2D eigenvalue weighted by Gasteiger charge is -2.13. The quantitative estimate of drug-likeness (QED) is 0.615. The van der Waals surface area contributed by atoms with Crippen molar-refractivity contribution in [3.63, 3.8) is 0 Å². The number of amides is 2. The fraction of sp³-hybridized carbons (Fsp3) is 0.143. The maximum Gasteiger partial charge on any atom is 0.367 e. The van der Waals surface area contributed by atoms with Crippen molar-refractivity contribution < 1.29 is 19.2 Å². The van der Waals surface area contributed by atoms with Crippen molar-refractivity contribution in [2.45, 2.75) is 20.4 Å². The molecule has 0 spiro atoms. The first-order valence-corrected chi connectivity index (χ1v) is 9.23. The second-order valence-electron chi connectivity index (χ2n) is 6.66. The van der Waals surface area contributed by atoms with E-state index in [1.165, 1.54) is 12.1 Å². The van der Waals surface area contributed by atoms with Crippen molar-refractivity contribution in [3.05, 3.63) is 87.2 Å². The van der Waals surface area contributed by atoms with E-state index in [0.717, 1.165) is 5.56 Å². The zero-order chi connectivity index (χ0) is 20.7. The molecule has 146 valence electrons. The van der Waals surface area contributed by atoms with Crippen molar-refractivity contribution in [1.29, 1.82) is 0 Å². The van der Waals surface area contributed by atoms with E-state index in [9.17, 15) is 14.4 Å². The first-order valence-electron chi connectivity index (χ1n) is 8.85. The number of hydrogen-bond donors (Lipinski definition) is 0. The van der Waals surface area contributed by atoms with E-state index in [0.29, 0.717) is 28.0 Å². The van der Waals surface area contributed by atoms with Gasteiger partial charge >= 0.3 is 5.97 Å². The molecule has 0 fully saturated rings. The van der Waals surface area contributed by atoms with Gasteiger partial charge in [0, 0.05) is 5.02 Å². The summed E-state index contributed by atoms with van der Waals surface area (Å²) in [4.78, 5) is 42.8. The van der Waals surface area contributed by atoms with Gasteiger partial charge < -0.3 is 4.84 Å². The minimum Gasteiger partial charge on any atom is -0.324 e. The summed E-state index contributed by atoms with van der Waals surface area (Å²) in [6.07, 6.45) is 0. The lowest BCUT2D eigenvalue weighted by Crippen LogP contribution is -2.33. The highest BCUT2D eigenvalue weighted by Gasteiger charge is 2.39. The molecule has 1 aromatic heterocycles. The molecule has 0 aliphatic carbocycles. The van der Waals surface area contributed by atoms with Crippen LogP contribution in [-0.2, 0) is 11.4 Å². The van der Waals surface area contributed by atoms with Crippen LogP contribution >= 0.6 is 11.6 Å². The maximum atomic E-state index is 12.8. The average molecular weight is 410 g/mol. The van der Waals surface area contributed by atoms with Gasteiger partial charge in [0.25, 0.3) is 11.8 Å². The highest BCUT2D eigenvalue weighted by Crippen LogP contribution is 2.24. The monoisotopic (exact) mass is 409 g/mol. The lowest BCUT2D eigenvalue weighted by atomic mass is 10.1. The molecule has 0 bridgehead atoms. The highest BCUT2D eigenvalue weighted by molar-refractivity contribution is 6.30. The number of nitrogens with zero attached hydrogens (tertiary/aromatic N) is 3. The predicted octanol–water partition coefficient (Wildman–Crippen LogP) is 3.57. The topological polar surface area (TPSA) is 81.5 Å². The largest absolute Gasteiger partial charge is 0.367 e. The average Bonchev–Trinajstić information content (AvgIpc) is 3.11. The molecule has 1 aliphatic rings. The van der Waals surface area contributed by atoms with Crippen LogP contribution in [0.2, 0.25) is 5.02 Å². The zero-order valence-electron chi connectivity index (χ0n) is 15.7. The molecule has 4 rings (SSSR count). The summed E-state index contributed by atoms with van der Waals surface area (Å²) in [5.74, 6) is -2.14. The fourth-order valence-corrected chi connectivity index (χ4v) is 3.41. The molecule has 0 unspecified atom stereocenters. The third kappa shape index (κ3) is 3.30. The summed E-state index contributed by atoms with van der Waals surface area (Å²) in [6, 6.07) is 13.6. The van der Waals surface area contributed by atoms with Gasteiger partial charge in [0.15, 0.2) is 0 Å². The number of fused-ring (bicyclic) bond motifs is 1. The molecule has 0 atom stereocenters. The molecular formula is C21H16ClN3O4. The van der Waals surface area contributed by atoms with Crippen LogP contribution in [-0.4, -0.2) is 32.6 Å². The van der Waals surface area contributed by atoms with Crippen LogP contribution in [0.3, 0.4) is 0 Å². The summed E-state index contributed by atoms with van der Waals surface area (Å²) >= 11 is 5.91. The zero-order valence-corrected chi connectivity index (χ0v) is 16.4. The Morgan fingerprint density at radius 2 is 1.59 bits per heavy atom. The van der Waals surface area contributed by atoms with Crippen molar-refractivity contribution in [2.75, 3.05) is 0 Å². The molecule has 29 heavy (non-hydrogen) atoms. The van der Waals surface area contributed by atoms with Gasteiger partial charge in [0.2, 0.25) is 0 Å². The molecule has 0 radical (unpaired) electrons. The molecule has 7 nitrogen and oxygen atoms in total. The van der Waals surface area contributed by atoms with E-state index in [1.54, 1.807) is 42.8 Å². The van der Waals surface area contributed by atoms with Crippen molar-refractivity contribution in [1.82, 2.24) is 14.8 Å². The minimum absolute atomic E-state index is 0.206. The Labute approximate surface area is 171 Å². The normalized spacial score (nSPS) is 13.0. The Hall–Kier alpha value is -3.45. The van der Waals surface area contributed by atoms with Gasteiger partial charge in [-0.2, -0.15) is 5.10 Å². The Morgan fingerprint density at radius 3 is 2.17 bits per heavy atom. The van der Waals surface area contributed by atoms with Crippen molar-refractivity contribution in [3.8, 4) is 0 Å². The number of hydrogen-bond acceptors (Lipinski definition) is 5. The third-order valence-corrected chi connectivity index (χ3v) is 5.01. The molecule has 2 heterocycles. The summed E-state index contributed by atoms with van der Waals surface area (Å²) in [5.41, 5.74) is 2.60. The number of aromatic nitrogens is 2. The van der Waals surface area contributed by atoms with Gasteiger partial charge in [-0.05, 0) is 43.7 Å². The third-order valence-electron chi connectivity index (χ3n) is 4.76. The second kappa shape index (κ2) is 7.18. The summed E-state index contributed by atoms with van der Waals surface area (Å²) < 4.78 is 1.66. The van der Waals surface area contributed by atoms with Crippen LogP contribution in [0.1, 0.15) is 48.0 Å². The molecule has 0 N–H and O–H groups in total. The SMILES string of the molecule is Cc1nn(Cc2ccc(Cl)cc2)c(C)c1C(=O)ON1C(=O)c2ccccc2C1=O. The van der Waals surface area contributed by atoms with E-state index >= 15 is 0 Å². The molecule has 8 heteroatoms. The number of benzene rings is 2. The number of carbonyl (C=O) groups excluding carboxylic acids is 3. The fourth-order valence-electron chi connectivity index (χ4n) is 3.29. The number of rotatable bonds is 4. The Balaban J connectivity index is 1.57. The minimum atomic E-state index is -0.808. The first-order chi connectivity index (χ1) is 13.9. The molecule has 0 saturated carbocycles. The lowest BCUT2D eigenvalue weighted by molar-refractivity contribution is -0.0585. The van der Waals surface area contributed by atoms with Gasteiger partial charge in [-0.15, -0.1) is 0 Å². The summed E-state index contributed by atoms with van der Waals surface area (Å²) in [5, 5.41) is 5.53. The van der Waals surface area contributed by atoms with Crippen LogP contribution in [0.15, 0.2) is 48.5 Å². The van der Waals surface area contributed by atoms with Crippen LogP contribution in [0, 0.1) is 13.8 Å². The van der Waals surface area contributed by atoms with Gasteiger partial charge in [-0.25, -0.2) is 4.79 Å². The van der Waals surface area contributed by atoms with Gasteiger partial charge in [-0.1, -0.05) is 40.9 Å². The number of hydroxylamine groups is 2. The van der Waals surface area contributed by atoms with Crippen LogP contribution in [0.5, 0.6) is 0 Å². The number of carbonyl (C=O) groups is 3. The smallest absolute Gasteiger partial charge is 0.324 e. The highest BCUT2D eigenvalue weighted by atomic mass is 35.5. The van der Waals surface area contributed by atoms with Crippen LogP contribution in [0.4, 0.5) is 0 Å². The molecular weight excluding hydrogens is 394 g/mol. The Kier molecular flexibility index (Phi) is 4.68. The standard InChI is InChI=1S/C21H16ClN3O4/c1-12-18(13(2)24(23-12)11-14-7-9-15(22)10-8-14)21(28)29-25-19(26)16-5-3-4-6-17(16)20(25)27/h3-10H,11H2,1-2H3. The van der Waals surface area contributed by atoms with Gasteiger partial charge in [0.05, 0.1) is 29.1 Å². The van der Waals surface area contributed by atoms with Crippen molar-refractivity contribution in [2.24, 2.45) is 0 Å². The molecule has 3 aromatic rings. The van der Waals surface area contributed by atoms with E-state index in [1.807, 2.05) is 12.1 Å². The van der Waals surface area contributed by atoms with E-state index in [2.05, 4.69) is 5.10 Å². The number of imide groups is 1. The maximum absolute atomic E-state index is 12.8. The Bertz CT molecular complexity index is 1120. The van der Waals surface area contributed by atoms with Crippen molar-refractivity contribution >= 4 is 29.4 Å². The second-order valence-corrected chi connectivity index (χ2v) is 7.10. The van der Waals surface area contributed by atoms with Gasteiger partial charge in [-0.3, -0.25) is 14.3 Å².